The summed E-state index contributed by atoms with van der Waals surface area (Å²) in [7, 11) is 0. The minimum absolute atomic E-state index is 0.454. The second-order valence-corrected chi connectivity index (χ2v) is 4.27. The van der Waals surface area contributed by atoms with Crippen molar-refractivity contribution in [1.82, 2.24) is 5.32 Å². The Labute approximate surface area is 84.3 Å². The molecule has 1 heterocycles. The average molecular weight is 193 g/mol. The summed E-state index contributed by atoms with van der Waals surface area (Å²) >= 11 is 0. The quantitative estimate of drug-likeness (QED) is 0.722. The predicted octanol–water partition coefficient (Wildman–Crippen LogP) is 2.46. The fourth-order valence-corrected chi connectivity index (χ4v) is 2.14. The van der Waals surface area contributed by atoms with Gasteiger partial charge >= 0.3 is 0 Å². The first kappa shape index (κ1) is 9.66. The average Bonchev–Trinajstić information content (AvgIpc) is 2.52. The molecule has 2 rings (SSSR count). The summed E-state index contributed by atoms with van der Waals surface area (Å²) in [5.41, 5.74) is 1.98. The molecule has 1 nitrogen and oxygen atoms in total. The second-order valence-electron chi connectivity index (χ2n) is 4.27. The van der Waals surface area contributed by atoms with Crippen LogP contribution < -0.4 is 5.32 Å². The molecule has 1 N–H and O–H groups in total. The summed E-state index contributed by atoms with van der Waals surface area (Å²) in [6.07, 6.45) is 0.593. The first-order valence-corrected chi connectivity index (χ1v) is 5.09. The normalized spacial score (nSPS) is 26.8. The highest BCUT2D eigenvalue weighted by Gasteiger charge is 2.35. The Kier molecular flexibility index (Phi) is 2.31. The van der Waals surface area contributed by atoms with E-state index in [4.69, 9.17) is 0 Å². The first-order chi connectivity index (χ1) is 6.60. The fourth-order valence-electron chi connectivity index (χ4n) is 2.14. The van der Waals surface area contributed by atoms with Crippen LogP contribution in [-0.2, 0) is 5.67 Å². The van der Waals surface area contributed by atoms with Gasteiger partial charge in [-0.15, -0.1) is 0 Å². The van der Waals surface area contributed by atoms with Crippen LogP contribution in [-0.4, -0.2) is 13.1 Å². The molecule has 1 fully saturated rings. The Morgan fingerprint density at radius 1 is 1.21 bits per heavy atom. The molecule has 0 saturated carbocycles. The van der Waals surface area contributed by atoms with Gasteiger partial charge in [0.05, 0.1) is 0 Å². The molecule has 1 aliphatic rings. The van der Waals surface area contributed by atoms with E-state index in [0.717, 1.165) is 23.2 Å². The van der Waals surface area contributed by atoms with Crippen LogP contribution in [0.2, 0.25) is 0 Å². The standard InChI is InChI=1S/C12H16FN/c1-9-5-10(2)7-11(6-9)12(13)3-4-14-8-12/h5-7,14H,3-4,8H2,1-2H3/t12-/m1/s1. The lowest BCUT2D eigenvalue weighted by molar-refractivity contribution is 0.193. The van der Waals surface area contributed by atoms with E-state index in [1.165, 1.54) is 0 Å². The topological polar surface area (TPSA) is 12.0 Å². The Hall–Kier alpha value is -0.890. The van der Waals surface area contributed by atoms with Crippen LogP contribution in [0.3, 0.4) is 0 Å². The number of nitrogens with one attached hydrogen (secondary N) is 1. The van der Waals surface area contributed by atoms with Crippen molar-refractivity contribution >= 4 is 0 Å². The van der Waals surface area contributed by atoms with Crippen molar-refractivity contribution in [3.63, 3.8) is 0 Å². The van der Waals surface area contributed by atoms with Gasteiger partial charge in [-0.1, -0.05) is 29.3 Å². The number of halogens is 1. The zero-order chi connectivity index (χ0) is 10.2. The molecule has 1 aliphatic heterocycles. The molecule has 1 aromatic rings. The van der Waals surface area contributed by atoms with E-state index in [-0.39, 0.29) is 0 Å². The number of aryl methyl sites for hydroxylation is 2. The maximum atomic E-state index is 14.3. The van der Waals surface area contributed by atoms with E-state index in [0.29, 0.717) is 13.0 Å². The van der Waals surface area contributed by atoms with E-state index in [9.17, 15) is 4.39 Å². The molecule has 1 aromatic carbocycles. The van der Waals surface area contributed by atoms with Crippen molar-refractivity contribution in [2.45, 2.75) is 25.9 Å². The van der Waals surface area contributed by atoms with Crippen molar-refractivity contribution in [2.24, 2.45) is 0 Å². The van der Waals surface area contributed by atoms with Gasteiger partial charge in [-0.05, 0) is 32.4 Å². The zero-order valence-corrected chi connectivity index (χ0v) is 8.73. The van der Waals surface area contributed by atoms with Crippen molar-refractivity contribution < 1.29 is 4.39 Å². The molecule has 0 aliphatic carbocycles. The van der Waals surface area contributed by atoms with E-state index in [1.807, 2.05) is 26.0 Å². The fraction of sp³-hybridized carbons (Fsp3) is 0.500. The molecule has 0 radical (unpaired) electrons. The first-order valence-electron chi connectivity index (χ1n) is 5.09. The van der Waals surface area contributed by atoms with E-state index < -0.39 is 5.67 Å². The lowest BCUT2D eigenvalue weighted by atomic mass is 9.92. The van der Waals surface area contributed by atoms with Crippen LogP contribution in [0, 0.1) is 13.8 Å². The summed E-state index contributed by atoms with van der Waals surface area (Å²) in [4.78, 5) is 0. The third-order valence-electron chi connectivity index (χ3n) is 2.84. The SMILES string of the molecule is Cc1cc(C)cc([C@@]2(F)CCNC2)c1. The highest BCUT2D eigenvalue weighted by molar-refractivity contribution is 5.33. The molecule has 2 heteroatoms. The third-order valence-corrected chi connectivity index (χ3v) is 2.84. The second kappa shape index (κ2) is 3.35. The number of hydrogen-bond acceptors (Lipinski definition) is 1. The Balaban J connectivity index is 2.40. The van der Waals surface area contributed by atoms with Gasteiger partial charge < -0.3 is 5.32 Å². The van der Waals surface area contributed by atoms with Gasteiger partial charge in [-0.2, -0.15) is 0 Å². The van der Waals surface area contributed by atoms with E-state index in [1.54, 1.807) is 0 Å². The van der Waals surface area contributed by atoms with Crippen LogP contribution in [0.5, 0.6) is 0 Å². The highest BCUT2D eigenvalue weighted by atomic mass is 19.1. The number of rotatable bonds is 1. The molecule has 1 atom stereocenters. The number of alkyl halides is 1. The molecule has 0 amide bonds. The molecule has 0 aromatic heterocycles. The summed E-state index contributed by atoms with van der Waals surface area (Å²) < 4.78 is 14.3. The molecule has 0 spiro atoms. The molecular weight excluding hydrogens is 177 g/mol. The monoisotopic (exact) mass is 193 g/mol. The maximum absolute atomic E-state index is 14.3. The predicted molar refractivity (Wildman–Crippen MR) is 56.2 cm³/mol. The summed E-state index contributed by atoms with van der Waals surface area (Å²) in [5.74, 6) is 0. The number of benzene rings is 1. The van der Waals surface area contributed by atoms with Crippen molar-refractivity contribution in [3.8, 4) is 0 Å². The minimum atomic E-state index is -1.14. The Morgan fingerprint density at radius 3 is 2.36 bits per heavy atom. The van der Waals surface area contributed by atoms with E-state index >= 15 is 0 Å². The van der Waals surface area contributed by atoms with Gasteiger partial charge in [-0.3, -0.25) is 0 Å². The minimum Gasteiger partial charge on any atom is -0.313 e. The van der Waals surface area contributed by atoms with Gasteiger partial charge in [0.1, 0.15) is 5.67 Å². The van der Waals surface area contributed by atoms with Crippen LogP contribution in [0.15, 0.2) is 18.2 Å². The van der Waals surface area contributed by atoms with Gasteiger partial charge in [0, 0.05) is 6.54 Å². The third kappa shape index (κ3) is 1.67. The summed E-state index contributed by atoms with van der Waals surface area (Å²) in [6, 6.07) is 6.00. The molecule has 1 saturated heterocycles. The van der Waals surface area contributed by atoms with E-state index in [2.05, 4.69) is 11.4 Å². The smallest absolute Gasteiger partial charge is 0.149 e. The highest BCUT2D eigenvalue weighted by Crippen LogP contribution is 2.33. The van der Waals surface area contributed by atoms with Crippen LogP contribution >= 0.6 is 0 Å². The van der Waals surface area contributed by atoms with Crippen LogP contribution in [0.1, 0.15) is 23.1 Å². The summed E-state index contributed by atoms with van der Waals surface area (Å²) in [6.45, 7) is 5.27. The van der Waals surface area contributed by atoms with Crippen molar-refractivity contribution in [3.05, 3.63) is 34.9 Å². The zero-order valence-electron chi connectivity index (χ0n) is 8.73. The summed E-state index contributed by atoms with van der Waals surface area (Å²) in [5, 5.41) is 3.08. The van der Waals surface area contributed by atoms with Crippen molar-refractivity contribution in [2.75, 3.05) is 13.1 Å². The van der Waals surface area contributed by atoms with Gasteiger partial charge in [0.25, 0.3) is 0 Å². The lowest BCUT2D eigenvalue weighted by Crippen LogP contribution is -2.23. The molecule has 76 valence electrons. The lowest BCUT2D eigenvalue weighted by Gasteiger charge is -2.19. The van der Waals surface area contributed by atoms with Crippen LogP contribution in [0.25, 0.3) is 0 Å². The Morgan fingerprint density at radius 2 is 1.86 bits per heavy atom. The molecule has 0 unspecified atom stereocenters. The molecular formula is C12H16FN. The molecule has 0 bridgehead atoms. The largest absolute Gasteiger partial charge is 0.313 e. The van der Waals surface area contributed by atoms with Gasteiger partial charge in [0.2, 0.25) is 0 Å². The van der Waals surface area contributed by atoms with Crippen LogP contribution in [0.4, 0.5) is 4.39 Å². The number of hydrogen-bond donors (Lipinski definition) is 1. The molecule has 14 heavy (non-hydrogen) atoms. The van der Waals surface area contributed by atoms with Crippen molar-refractivity contribution in [1.29, 1.82) is 0 Å². The maximum Gasteiger partial charge on any atom is 0.149 e. The van der Waals surface area contributed by atoms with Gasteiger partial charge in [-0.25, -0.2) is 4.39 Å². The van der Waals surface area contributed by atoms with Gasteiger partial charge in [0.15, 0.2) is 0 Å². The Bertz CT molecular complexity index is 320.